The van der Waals surface area contributed by atoms with Crippen LogP contribution in [0, 0.1) is 0 Å². The lowest BCUT2D eigenvalue weighted by Crippen LogP contribution is -2.27. The molecule has 2 heterocycles. The summed E-state index contributed by atoms with van der Waals surface area (Å²) in [6, 6.07) is 12.6. The van der Waals surface area contributed by atoms with Gasteiger partial charge in [-0.1, -0.05) is 18.2 Å². The summed E-state index contributed by atoms with van der Waals surface area (Å²) in [7, 11) is 0. The van der Waals surface area contributed by atoms with Gasteiger partial charge in [-0.25, -0.2) is 4.79 Å². The fraction of sp³-hybridized carbons (Fsp3) is 0.250. The number of aliphatic hydroxyl groups is 1. The first-order chi connectivity index (χ1) is 11.2. The minimum atomic E-state index is -0.878. The van der Waals surface area contributed by atoms with Crippen molar-refractivity contribution in [1.82, 2.24) is 9.78 Å². The molecule has 0 amide bonds. The molecule has 0 spiro atoms. The van der Waals surface area contributed by atoms with Crippen molar-refractivity contribution in [2.45, 2.75) is 19.3 Å². The number of rotatable bonds is 7. The Hall–Kier alpha value is -2.64. The molecular formula is C16H16N2O5. The third-order valence-corrected chi connectivity index (χ3v) is 3.15. The quantitative estimate of drug-likeness (QED) is 0.713. The van der Waals surface area contributed by atoms with Crippen molar-refractivity contribution in [1.29, 1.82) is 0 Å². The van der Waals surface area contributed by atoms with Crippen LogP contribution in [-0.2, 0) is 17.9 Å². The van der Waals surface area contributed by atoms with Crippen LogP contribution < -0.4 is 5.76 Å². The number of hydrogen-bond donors (Lipinski definition) is 1. The molecule has 0 bridgehead atoms. The molecule has 7 nitrogen and oxygen atoms in total. The van der Waals surface area contributed by atoms with Crippen LogP contribution in [0.2, 0.25) is 0 Å². The van der Waals surface area contributed by atoms with Gasteiger partial charge < -0.3 is 18.7 Å². The minimum Gasteiger partial charge on any atom is -0.467 e. The third kappa shape index (κ3) is 3.97. The zero-order chi connectivity index (χ0) is 16.1. The first-order valence-corrected chi connectivity index (χ1v) is 7.14. The maximum Gasteiger partial charge on any atom is 0.437 e. The number of furan rings is 1. The van der Waals surface area contributed by atoms with E-state index in [1.165, 1.54) is 0 Å². The first-order valence-electron chi connectivity index (χ1n) is 7.14. The fourth-order valence-corrected chi connectivity index (χ4v) is 2.06. The Morgan fingerprint density at radius 2 is 2.04 bits per heavy atom. The van der Waals surface area contributed by atoms with Gasteiger partial charge in [-0.2, -0.15) is 4.68 Å². The molecule has 0 saturated heterocycles. The summed E-state index contributed by atoms with van der Waals surface area (Å²) in [5.74, 6) is 0.274. The van der Waals surface area contributed by atoms with E-state index in [9.17, 15) is 9.90 Å². The van der Waals surface area contributed by atoms with Gasteiger partial charge in [0.15, 0.2) is 0 Å². The van der Waals surface area contributed by atoms with Crippen molar-refractivity contribution in [3.8, 4) is 11.5 Å². The minimum absolute atomic E-state index is 0.00663. The summed E-state index contributed by atoms with van der Waals surface area (Å²) < 4.78 is 16.6. The molecule has 3 rings (SSSR count). The standard InChI is InChI=1S/C16H16N2O5/c19-13(10-21-11-14-7-4-8-22-14)9-18-16(20)23-15(17-18)12-5-2-1-3-6-12/h1-8,13,19H,9-11H2. The molecule has 0 saturated carbocycles. The largest absolute Gasteiger partial charge is 0.467 e. The second-order valence-corrected chi connectivity index (χ2v) is 4.97. The van der Waals surface area contributed by atoms with Crippen LogP contribution in [0.1, 0.15) is 5.76 Å². The molecule has 7 heteroatoms. The smallest absolute Gasteiger partial charge is 0.437 e. The van der Waals surface area contributed by atoms with E-state index in [-0.39, 0.29) is 25.6 Å². The lowest BCUT2D eigenvalue weighted by molar-refractivity contribution is 0.0123. The van der Waals surface area contributed by atoms with Crippen LogP contribution in [0.3, 0.4) is 0 Å². The van der Waals surface area contributed by atoms with Gasteiger partial charge in [0.2, 0.25) is 5.89 Å². The Bertz CT molecular complexity index is 776. The maximum atomic E-state index is 11.8. The van der Waals surface area contributed by atoms with E-state index in [2.05, 4.69) is 5.10 Å². The Balaban J connectivity index is 1.57. The molecule has 1 aromatic carbocycles. The van der Waals surface area contributed by atoms with Gasteiger partial charge in [-0.3, -0.25) is 0 Å². The van der Waals surface area contributed by atoms with E-state index < -0.39 is 11.9 Å². The number of ether oxygens (including phenoxy) is 1. The van der Waals surface area contributed by atoms with E-state index in [1.807, 2.05) is 18.2 Å². The molecule has 1 atom stereocenters. The number of aromatic nitrogens is 2. The lowest BCUT2D eigenvalue weighted by Gasteiger charge is -2.09. The molecule has 0 radical (unpaired) electrons. The molecule has 0 aliphatic carbocycles. The van der Waals surface area contributed by atoms with Crippen LogP contribution in [0.4, 0.5) is 0 Å². The van der Waals surface area contributed by atoms with E-state index in [0.29, 0.717) is 11.3 Å². The van der Waals surface area contributed by atoms with Gasteiger partial charge >= 0.3 is 5.76 Å². The predicted molar refractivity (Wildman–Crippen MR) is 80.6 cm³/mol. The first kappa shape index (κ1) is 15.3. The molecule has 0 fully saturated rings. The number of nitrogens with zero attached hydrogens (tertiary/aromatic N) is 2. The van der Waals surface area contributed by atoms with E-state index in [1.54, 1.807) is 30.5 Å². The number of benzene rings is 1. The van der Waals surface area contributed by atoms with Gasteiger partial charge in [0.05, 0.1) is 25.5 Å². The van der Waals surface area contributed by atoms with Crippen molar-refractivity contribution in [2.75, 3.05) is 6.61 Å². The zero-order valence-electron chi connectivity index (χ0n) is 12.3. The number of aliphatic hydroxyl groups excluding tert-OH is 1. The van der Waals surface area contributed by atoms with E-state index >= 15 is 0 Å². The van der Waals surface area contributed by atoms with Crippen LogP contribution in [0.15, 0.2) is 62.4 Å². The lowest BCUT2D eigenvalue weighted by atomic mass is 10.2. The van der Waals surface area contributed by atoms with Crippen molar-refractivity contribution >= 4 is 0 Å². The predicted octanol–water partition coefficient (Wildman–Crippen LogP) is 1.67. The van der Waals surface area contributed by atoms with Gasteiger partial charge in [0.1, 0.15) is 12.4 Å². The topological polar surface area (TPSA) is 90.6 Å². The van der Waals surface area contributed by atoms with Gasteiger partial charge in [0.25, 0.3) is 0 Å². The average Bonchev–Trinajstić information content (AvgIpc) is 3.19. The zero-order valence-corrected chi connectivity index (χ0v) is 12.3. The van der Waals surface area contributed by atoms with Crippen molar-refractivity contribution in [2.24, 2.45) is 0 Å². The number of hydrogen-bond acceptors (Lipinski definition) is 6. The van der Waals surface area contributed by atoms with Gasteiger partial charge in [0, 0.05) is 5.56 Å². The van der Waals surface area contributed by atoms with Crippen molar-refractivity contribution in [3.05, 3.63) is 65.0 Å². The molecule has 23 heavy (non-hydrogen) atoms. The molecule has 120 valence electrons. The summed E-state index contributed by atoms with van der Waals surface area (Å²) in [6.45, 7) is 0.307. The summed E-state index contributed by atoms with van der Waals surface area (Å²) in [4.78, 5) is 11.8. The summed E-state index contributed by atoms with van der Waals surface area (Å²) in [6.07, 6.45) is 0.672. The molecule has 1 N–H and O–H groups in total. The maximum absolute atomic E-state index is 11.8. The molecule has 3 aromatic rings. The molecule has 0 aliphatic rings. The fourth-order valence-electron chi connectivity index (χ4n) is 2.06. The van der Waals surface area contributed by atoms with Crippen LogP contribution in [0.25, 0.3) is 11.5 Å². The van der Waals surface area contributed by atoms with Crippen LogP contribution in [0.5, 0.6) is 0 Å². The highest BCUT2D eigenvalue weighted by molar-refractivity contribution is 5.51. The van der Waals surface area contributed by atoms with Crippen LogP contribution >= 0.6 is 0 Å². The van der Waals surface area contributed by atoms with E-state index in [4.69, 9.17) is 13.6 Å². The second kappa shape index (κ2) is 7.08. The van der Waals surface area contributed by atoms with Crippen molar-refractivity contribution in [3.63, 3.8) is 0 Å². The highest BCUT2D eigenvalue weighted by atomic mass is 16.5. The monoisotopic (exact) mass is 316 g/mol. The van der Waals surface area contributed by atoms with Gasteiger partial charge in [-0.15, -0.1) is 5.10 Å². The average molecular weight is 316 g/mol. The second-order valence-electron chi connectivity index (χ2n) is 4.97. The molecule has 2 aromatic heterocycles. The van der Waals surface area contributed by atoms with Crippen molar-refractivity contribution < 1.29 is 18.7 Å². The Morgan fingerprint density at radius 3 is 2.78 bits per heavy atom. The SMILES string of the molecule is O=c1oc(-c2ccccc2)nn1CC(O)COCc1ccco1. The molecule has 0 aliphatic heterocycles. The highest BCUT2D eigenvalue weighted by Crippen LogP contribution is 2.14. The van der Waals surface area contributed by atoms with Crippen LogP contribution in [-0.4, -0.2) is 27.6 Å². The summed E-state index contributed by atoms with van der Waals surface area (Å²) in [5, 5.41) is 14.0. The van der Waals surface area contributed by atoms with E-state index in [0.717, 1.165) is 4.68 Å². The third-order valence-electron chi connectivity index (χ3n) is 3.15. The highest BCUT2D eigenvalue weighted by Gasteiger charge is 2.14. The molecular weight excluding hydrogens is 300 g/mol. The normalized spacial score (nSPS) is 12.4. The van der Waals surface area contributed by atoms with Gasteiger partial charge in [-0.05, 0) is 24.3 Å². The molecule has 1 unspecified atom stereocenters. The summed E-state index contributed by atoms with van der Waals surface area (Å²) in [5.41, 5.74) is 0.701. The summed E-state index contributed by atoms with van der Waals surface area (Å²) >= 11 is 0. The Morgan fingerprint density at radius 1 is 1.22 bits per heavy atom. The Kier molecular flexibility index (Phi) is 4.70. The Labute approximate surface area is 131 Å².